The molecule has 0 saturated heterocycles. The third-order valence-corrected chi connectivity index (χ3v) is 3.18. The minimum Gasteiger partial charge on any atom is -0.389 e. The summed E-state index contributed by atoms with van der Waals surface area (Å²) in [6, 6.07) is 7.89. The van der Waals surface area contributed by atoms with Crippen molar-refractivity contribution < 1.29 is 9.84 Å². The van der Waals surface area contributed by atoms with Crippen LogP contribution in [0.15, 0.2) is 24.3 Å². The average Bonchev–Trinajstić information content (AvgIpc) is 2.35. The van der Waals surface area contributed by atoms with E-state index >= 15 is 0 Å². The van der Waals surface area contributed by atoms with E-state index in [1.54, 1.807) is 0 Å². The van der Waals surface area contributed by atoms with Crippen molar-refractivity contribution in [2.75, 3.05) is 26.7 Å². The van der Waals surface area contributed by atoms with Gasteiger partial charge >= 0.3 is 0 Å². The monoisotopic (exact) mass is 299 g/mol. The minimum absolute atomic E-state index is 0.205. The standard InChI is InChI=1S/C16H26ClNO2/c1-16(2,3)20-12-15(19)11-18(4)10-9-13-5-7-14(17)8-6-13/h5-8,15,19H,9-12H2,1-4H3. The number of rotatable bonds is 7. The van der Waals surface area contributed by atoms with Crippen molar-refractivity contribution in [3.63, 3.8) is 0 Å². The van der Waals surface area contributed by atoms with E-state index in [1.807, 2.05) is 52.1 Å². The van der Waals surface area contributed by atoms with Crippen LogP contribution in [0.4, 0.5) is 0 Å². The van der Waals surface area contributed by atoms with Crippen molar-refractivity contribution >= 4 is 11.6 Å². The summed E-state index contributed by atoms with van der Waals surface area (Å²) >= 11 is 5.86. The Kier molecular flexibility index (Phi) is 6.96. The van der Waals surface area contributed by atoms with Gasteiger partial charge in [-0.15, -0.1) is 0 Å². The van der Waals surface area contributed by atoms with Gasteiger partial charge in [0.1, 0.15) is 0 Å². The molecule has 0 aliphatic carbocycles. The normalized spacial score (nSPS) is 13.8. The highest BCUT2D eigenvalue weighted by molar-refractivity contribution is 6.30. The molecule has 0 saturated carbocycles. The first-order chi connectivity index (χ1) is 9.26. The molecule has 0 amide bonds. The van der Waals surface area contributed by atoms with Gasteiger partial charge in [0, 0.05) is 18.1 Å². The van der Waals surface area contributed by atoms with Crippen molar-refractivity contribution in [2.24, 2.45) is 0 Å². The Labute approximate surface area is 127 Å². The second-order valence-electron chi connectivity index (χ2n) is 6.22. The van der Waals surface area contributed by atoms with Gasteiger partial charge in [0.15, 0.2) is 0 Å². The molecule has 1 unspecified atom stereocenters. The van der Waals surface area contributed by atoms with E-state index in [4.69, 9.17) is 16.3 Å². The summed E-state index contributed by atoms with van der Waals surface area (Å²) in [5, 5.41) is 10.7. The molecule has 20 heavy (non-hydrogen) atoms. The Balaban J connectivity index is 2.25. The molecular weight excluding hydrogens is 274 g/mol. The highest BCUT2D eigenvalue weighted by atomic mass is 35.5. The maximum absolute atomic E-state index is 9.93. The summed E-state index contributed by atoms with van der Waals surface area (Å²) < 4.78 is 5.58. The zero-order valence-corrected chi connectivity index (χ0v) is 13.7. The predicted octanol–water partition coefficient (Wildman–Crippen LogP) is 2.99. The highest BCUT2D eigenvalue weighted by Gasteiger charge is 2.14. The maximum atomic E-state index is 9.93. The minimum atomic E-state index is -0.454. The van der Waals surface area contributed by atoms with Gasteiger partial charge in [0.25, 0.3) is 0 Å². The third kappa shape index (κ3) is 7.85. The lowest BCUT2D eigenvalue weighted by Crippen LogP contribution is -2.35. The molecule has 1 N–H and O–H groups in total. The summed E-state index contributed by atoms with van der Waals surface area (Å²) in [5.74, 6) is 0. The highest BCUT2D eigenvalue weighted by Crippen LogP contribution is 2.10. The zero-order valence-electron chi connectivity index (χ0n) is 12.9. The summed E-state index contributed by atoms with van der Waals surface area (Å²) in [6.45, 7) is 7.85. The molecule has 0 aromatic heterocycles. The quantitative estimate of drug-likeness (QED) is 0.840. The molecule has 4 heteroatoms. The van der Waals surface area contributed by atoms with E-state index in [-0.39, 0.29) is 5.60 Å². The number of ether oxygens (including phenoxy) is 1. The fourth-order valence-corrected chi connectivity index (χ4v) is 1.95. The molecule has 0 spiro atoms. The largest absolute Gasteiger partial charge is 0.389 e. The van der Waals surface area contributed by atoms with Gasteiger partial charge < -0.3 is 14.7 Å². The van der Waals surface area contributed by atoms with Gasteiger partial charge in [-0.2, -0.15) is 0 Å². The van der Waals surface area contributed by atoms with Crippen LogP contribution in [0.3, 0.4) is 0 Å². The predicted molar refractivity (Wildman–Crippen MR) is 84.4 cm³/mol. The van der Waals surface area contributed by atoms with Crippen LogP contribution in [0.5, 0.6) is 0 Å². The molecule has 0 radical (unpaired) electrons. The van der Waals surface area contributed by atoms with Crippen LogP contribution in [0.2, 0.25) is 5.02 Å². The molecular formula is C16H26ClNO2. The third-order valence-electron chi connectivity index (χ3n) is 2.93. The Bertz CT molecular complexity index is 386. The second-order valence-corrected chi connectivity index (χ2v) is 6.65. The van der Waals surface area contributed by atoms with Gasteiger partial charge in [-0.05, 0) is 51.9 Å². The number of nitrogens with zero attached hydrogens (tertiary/aromatic N) is 1. The summed E-state index contributed by atoms with van der Waals surface area (Å²) in [5.41, 5.74) is 1.05. The zero-order chi connectivity index (χ0) is 15.2. The number of halogens is 1. The first-order valence-corrected chi connectivity index (χ1v) is 7.39. The van der Waals surface area contributed by atoms with Crippen LogP contribution in [0.1, 0.15) is 26.3 Å². The smallest absolute Gasteiger partial charge is 0.0900 e. The molecule has 114 valence electrons. The van der Waals surface area contributed by atoms with Crippen molar-refractivity contribution in [1.29, 1.82) is 0 Å². The number of hydrogen-bond acceptors (Lipinski definition) is 3. The molecule has 1 atom stereocenters. The molecule has 1 aromatic rings. The van der Waals surface area contributed by atoms with Crippen LogP contribution in [0, 0.1) is 0 Å². The van der Waals surface area contributed by atoms with Gasteiger partial charge in [0.05, 0.1) is 18.3 Å². The molecule has 0 heterocycles. The van der Waals surface area contributed by atoms with Crippen LogP contribution in [-0.2, 0) is 11.2 Å². The molecule has 0 aliphatic rings. The first kappa shape index (κ1) is 17.4. The second kappa shape index (κ2) is 7.99. The van der Waals surface area contributed by atoms with Gasteiger partial charge in [0.2, 0.25) is 0 Å². The van der Waals surface area contributed by atoms with Crippen LogP contribution < -0.4 is 0 Å². The number of benzene rings is 1. The lowest BCUT2D eigenvalue weighted by atomic mass is 10.1. The van der Waals surface area contributed by atoms with Crippen LogP contribution in [-0.4, -0.2) is 48.5 Å². The van der Waals surface area contributed by atoms with E-state index < -0.39 is 6.10 Å². The fraction of sp³-hybridized carbons (Fsp3) is 0.625. The average molecular weight is 300 g/mol. The molecule has 1 aromatic carbocycles. The Morgan fingerprint density at radius 1 is 1.25 bits per heavy atom. The lowest BCUT2D eigenvalue weighted by Gasteiger charge is -2.25. The maximum Gasteiger partial charge on any atom is 0.0900 e. The molecule has 1 rings (SSSR count). The summed E-state index contributed by atoms with van der Waals surface area (Å²) in [7, 11) is 2.01. The Morgan fingerprint density at radius 3 is 2.40 bits per heavy atom. The van der Waals surface area contributed by atoms with E-state index in [2.05, 4.69) is 4.90 Å². The Hall–Kier alpha value is -0.610. The van der Waals surface area contributed by atoms with Crippen LogP contribution in [0.25, 0.3) is 0 Å². The van der Waals surface area contributed by atoms with E-state index in [9.17, 15) is 5.11 Å². The van der Waals surface area contributed by atoms with Gasteiger partial charge in [-0.3, -0.25) is 0 Å². The first-order valence-electron chi connectivity index (χ1n) is 7.01. The van der Waals surface area contributed by atoms with E-state index in [0.717, 1.165) is 18.0 Å². The van der Waals surface area contributed by atoms with Crippen molar-refractivity contribution in [3.8, 4) is 0 Å². The van der Waals surface area contributed by atoms with E-state index in [1.165, 1.54) is 5.56 Å². The SMILES string of the molecule is CN(CCc1ccc(Cl)cc1)CC(O)COC(C)(C)C. The summed E-state index contributed by atoms with van der Waals surface area (Å²) in [6.07, 6.45) is 0.491. The number of aliphatic hydroxyl groups is 1. The molecule has 3 nitrogen and oxygen atoms in total. The van der Waals surface area contributed by atoms with Crippen molar-refractivity contribution in [3.05, 3.63) is 34.9 Å². The van der Waals surface area contributed by atoms with E-state index in [0.29, 0.717) is 13.2 Å². The fourth-order valence-electron chi connectivity index (χ4n) is 1.82. The number of hydrogen-bond donors (Lipinski definition) is 1. The molecule has 0 aliphatic heterocycles. The van der Waals surface area contributed by atoms with Gasteiger partial charge in [-0.1, -0.05) is 23.7 Å². The molecule has 0 bridgehead atoms. The number of likely N-dealkylation sites (N-methyl/N-ethyl adjacent to an activating group) is 1. The van der Waals surface area contributed by atoms with Crippen molar-refractivity contribution in [1.82, 2.24) is 4.90 Å². The van der Waals surface area contributed by atoms with Gasteiger partial charge in [-0.25, -0.2) is 0 Å². The summed E-state index contributed by atoms with van der Waals surface area (Å²) in [4.78, 5) is 2.12. The Morgan fingerprint density at radius 2 is 1.85 bits per heavy atom. The topological polar surface area (TPSA) is 32.7 Å². The van der Waals surface area contributed by atoms with Crippen LogP contribution >= 0.6 is 11.6 Å². The lowest BCUT2D eigenvalue weighted by molar-refractivity contribution is -0.0545. The van der Waals surface area contributed by atoms with Crippen molar-refractivity contribution in [2.45, 2.75) is 38.9 Å². The number of aliphatic hydroxyl groups excluding tert-OH is 1. The molecule has 0 fully saturated rings.